The van der Waals surface area contributed by atoms with Gasteiger partial charge >= 0.3 is 0 Å². The number of methoxy groups -OCH3 is 1. The largest absolute Gasteiger partial charge is 0.497 e. The standard InChI is InChI=1S/C21H18N4O3S/c1-3-25-20(27)16-7-5-4-6-15(16)18(24-25)19(26)23-21-22-17(12-29-21)13-8-10-14(28-2)11-9-13/h4-12H,3H2,1-2H3,(H,22,23,26). The molecule has 0 spiro atoms. The van der Waals surface area contributed by atoms with Gasteiger partial charge in [-0.2, -0.15) is 5.10 Å². The molecule has 0 aliphatic carbocycles. The number of aromatic nitrogens is 3. The van der Waals surface area contributed by atoms with Gasteiger partial charge in [-0.3, -0.25) is 14.9 Å². The summed E-state index contributed by atoms with van der Waals surface area (Å²) in [4.78, 5) is 29.8. The summed E-state index contributed by atoms with van der Waals surface area (Å²) in [6.07, 6.45) is 0. The summed E-state index contributed by atoms with van der Waals surface area (Å²) in [5.74, 6) is 0.362. The van der Waals surface area contributed by atoms with Crippen LogP contribution in [0.1, 0.15) is 17.4 Å². The predicted molar refractivity (Wildman–Crippen MR) is 114 cm³/mol. The monoisotopic (exact) mass is 406 g/mol. The average Bonchev–Trinajstić information content (AvgIpc) is 3.22. The van der Waals surface area contributed by atoms with Gasteiger partial charge in [0.1, 0.15) is 5.75 Å². The minimum atomic E-state index is -0.404. The van der Waals surface area contributed by atoms with E-state index in [-0.39, 0.29) is 11.3 Å². The molecule has 4 aromatic rings. The Balaban J connectivity index is 1.64. The molecule has 29 heavy (non-hydrogen) atoms. The summed E-state index contributed by atoms with van der Waals surface area (Å²) in [7, 11) is 1.62. The van der Waals surface area contributed by atoms with E-state index in [4.69, 9.17) is 4.74 Å². The number of carbonyl (C=O) groups excluding carboxylic acids is 1. The first-order chi connectivity index (χ1) is 14.1. The Kier molecular flexibility index (Phi) is 5.09. The first-order valence-corrected chi connectivity index (χ1v) is 9.90. The number of nitrogens with one attached hydrogen (secondary N) is 1. The van der Waals surface area contributed by atoms with Gasteiger partial charge in [0.25, 0.3) is 11.5 Å². The third kappa shape index (κ3) is 3.62. The molecule has 7 nitrogen and oxygen atoms in total. The summed E-state index contributed by atoms with van der Waals surface area (Å²) in [6, 6.07) is 14.5. The van der Waals surface area contributed by atoms with E-state index in [1.54, 1.807) is 31.4 Å². The second kappa shape index (κ2) is 7.84. The van der Waals surface area contributed by atoms with Crippen molar-refractivity contribution in [1.29, 1.82) is 0 Å². The summed E-state index contributed by atoms with van der Waals surface area (Å²) in [5.41, 5.74) is 1.66. The van der Waals surface area contributed by atoms with Gasteiger partial charge in [0, 0.05) is 22.9 Å². The van der Waals surface area contributed by atoms with Crippen molar-refractivity contribution in [2.75, 3.05) is 12.4 Å². The third-order valence-corrected chi connectivity index (χ3v) is 5.25. The van der Waals surface area contributed by atoms with Gasteiger partial charge in [-0.25, -0.2) is 9.67 Å². The van der Waals surface area contributed by atoms with Gasteiger partial charge in [-0.1, -0.05) is 18.2 Å². The van der Waals surface area contributed by atoms with Crippen molar-refractivity contribution in [2.24, 2.45) is 0 Å². The van der Waals surface area contributed by atoms with Crippen LogP contribution in [0.2, 0.25) is 0 Å². The average molecular weight is 406 g/mol. The molecule has 0 bridgehead atoms. The molecule has 1 amide bonds. The van der Waals surface area contributed by atoms with Gasteiger partial charge in [-0.15, -0.1) is 11.3 Å². The minimum absolute atomic E-state index is 0.197. The molecule has 4 rings (SSSR count). The number of aryl methyl sites for hydroxylation is 1. The molecular formula is C21H18N4O3S. The molecule has 0 aliphatic rings. The van der Waals surface area contributed by atoms with Crippen molar-refractivity contribution in [3.8, 4) is 17.0 Å². The molecule has 8 heteroatoms. The zero-order valence-corrected chi connectivity index (χ0v) is 16.7. The zero-order valence-electron chi connectivity index (χ0n) is 15.9. The fraction of sp³-hybridized carbons (Fsp3) is 0.143. The summed E-state index contributed by atoms with van der Waals surface area (Å²) >= 11 is 1.33. The number of benzene rings is 2. The van der Waals surface area contributed by atoms with Crippen LogP contribution in [0.4, 0.5) is 5.13 Å². The van der Waals surface area contributed by atoms with E-state index in [1.807, 2.05) is 36.6 Å². The van der Waals surface area contributed by atoms with E-state index >= 15 is 0 Å². The van der Waals surface area contributed by atoms with Crippen LogP contribution in [0.15, 0.2) is 58.7 Å². The lowest BCUT2D eigenvalue weighted by Crippen LogP contribution is -2.27. The third-order valence-electron chi connectivity index (χ3n) is 4.49. The van der Waals surface area contributed by atoms with Crippen molar-refractivity contribution in [3.63, 3.8) is 0 Å². The maximum Gasteiger partial charge on any atom is 0.278 e. The topological polar surface area (TPSA) is 86.1 Å². The normalized spacial score (nSPS) is 10.8. The Morgan fingerprint density at radius 2 is 1.86 bits per heavy atom. The zero-order chi connectivity index (χ0) is 20.4. The van der Waals surface area contributed by atoms with Gasteiger partial charge in [0.15, 0.2) is 10.8 Å². The Bertz CT molecular complexity index is 1250. The smallest absolute Gasteiger partial charge is 0.278 e. The molecule has 0 saturated heterocycles. The highest BCUT2D eigenvalue weighted by Gasteiger charge is 2.17. The molecule has 0 atom stereocenters. The predicted octanol–water partition coefficient (Wildman–Crippen LogP) is 3.80. The Morgan fingerprint density at radius 3 is 2.55 bits per heavy atom. The van der Waals surface area contributed by atoms with E-state index in [0.717, 1.165) is 17.0 Å². The molecule has 0 unspecified atom stereocenters. The van der Waals surface area contributed by atoms with Crippen molar-refractivity contribution in [3.05, 3.63) is 70.0 Å². The minimum Gasteiger partial charge on any atom is -0.497 e. The number of nitrogens with zero attached hydrogens (tertiary/aromatic N) is 3. The quantitative estimate of drug-likeness (QED) is 0.545. The first kappa shape index (κ1) is 18.8. The van der Waals surface area contributed by atoms with Crippen molar-refractivity contribution >= 4 is 33.1 Å². The van der Waals surface area contributed by atoms with Crippen LogP contribution in [0.3, 0.4) is 0 Å². The molecular weight excluding hydrogens is 388 g/mol. The van der Waals surface area contributed by atoms with E-state index in [9.17, 15) is 9.59 Å². The SMILES string of the molecule is CCn1nc(C(=O)Nc2nc(-c3ccc(OC)cc3)cs2)c2ccccc2c1=O. The molecule has 2 aromatic carbocycles. The van der Waals surface area contributed by atoms with Gasteiger partial charge < -0.3 is 4.74 Å². The maximum atomic E-state index is 12.9. The van der Waals surface area contributed by atoms with Crippen LogP contribution in [0, 0.1) is 0 Å². The second-order valence-corrected chi connectivity index (χ2v) is 7.09. The van der Waals surface area contributed by atoms with Crippen molar-refractivity contribution in [1.82, 2.24) is 14.8 Å². The molecule has 0 aliphatic heterocycles. The number of fused-ring (bicyclic) bond motifs is 1. The summed E-state index contributed by atoms with van der Waals surface area (Å²) in [5, 5.41) is 10.4. The number of ether oxygens (including phenoxy) is 1. The van der Waals surface area contributed by atoms with E-state index in [2.05, 4.69) is 15.4 Å². The van der Waals surface area contributed by atoms with Gasteiger partial charge in [-0.05, 0) is 37.3 Å². The van der Waals surface area contributed by atoms with Crippen LogP contribution < -0.4 is 15.6 Å². The molecule has 146 valence electrons. The number of hydrogen-bond acceptors (Lipinski definition) is 6. The molecule has 0 radical (unpaired) electrons. The Hall–Kier alpha value is -3.52. The number of anilines is 1. The number of carbonyl (C=O) groups is 1. The van der Waals surface area contributed by atoms with Crippen LogP contribution in [0.5, 0.6) is 5.75 Å². The van der Waals surface area contributed by atoms with Crippen LogP contribution in [0.25, 0.3) is 22.0 Å². The van der Waals surface area contributed by atoms with Crippen LogP contribution in [-0.4, -0.2) is 27.8 Å². The van der Waals surface area contributed by atoms with Crippen LogP contribution >= 0.6 is 11.3 Å². The van der Waals surface area contributed by atoms with E-state index < -0.39 is 5.91 Å². The number of hydrogen-bond donors (Lipinski definition) is 1. The fourth-order valence-electron chi connectivity index (χ4n) is 3.00. The Morgan fingerprint density at radius 1 is 1.14 bits per heavy atom. The van der Waals surface area contributed by atoms with Gasteiger partial charge in [0.2, 0.25) is 0 Å². The summed E-state index contributed by atoms with van der Waals surface area (Å²) < 4.78 is 6.46. The first-order valence-electron chi connectivity index (χ1n) is 9.02. The summed E-state index contributed by atoms with van der Waals surface area (Å²) in [6.45, 7) is 2.19. The highest BCUT2D eigenvalue weighted by molar-refractivity contribution is 7.14. The lowest BCUT2D eigenvalue weighted by Gasteiger charge is -2.09. The molecule has 0 saturated carbocycles. The second-order valence-electron chi connectivity index (χ2n) is 6.24. The van der Waals surface area contributed by atoms with Crippen LogP contribution in [-0.2, 0) is 6.54 Å². The van der Waals surface area contributed by atoms with Gasteiger partial charge in [0.05, 0.1) is 18.2 Å². The molecule has 2 heterocycles. The van der Waals surface area contributed by atoms with E-state index in [0.29, 0.717) is 22.4 Å². The lowest BCUT2D eigenvalue weighted by molar-refractivity contribution is 0.102. The molecule has 1 N–H and O–H groups in total. The fourth-order valence-corrected chi connectivity index (χ4v) is 3.71. The highest BCUT2D eigenvalue weighted by atomic mass is 32.1. The number of thiazole rings is 1. The van der Waals surface area contributed by atoms with E-state index in [1.165, 1.54) is 16.0 Å². The molecule has 2 aromatic heterocycles. The van der Waals surface area contributed by atoms with Crippen molar-refractivity contribution < 1.29 is 9.53 Å². The lowest BCUT2D eigenvalue weighted by atomic mass is 10.1. The molecule has 0 fully saturated rings. The highest BCUT2D eigenvalue weighted by Crippen LogP contribution is 2.27. The number of amides is 1. The van der Waals surface area contributed by atoms with Crippen molar-refractivity contribution in [2.45, 2.75) is 13.5 Å². The maximum absolute atomic E-state index is 12.9. The number of rotatable bonds is 5. The Labute approximate surface area is 170 Å².